The summed E-state index contributed by atoms with van der Waals surface area (Å²) in [5.74, 6) is 0.800. The third-order valence-corrected chi connectivity index (χ3v) is 5.71. The van der Waals surface area contributed by atoms with E-state index in [4.69, 9.17) is 9.47 Å². The van der Waals surface area contributed by atoms with Gasteiger partial charge in [0.2, 0.25) is 0 Å². The van der Waals surface area contributed by atoms with Crippen LogP contribution in [0, 0.1) is 0 Å². The first-order chi connectivity index (χ1) is 15.6. The largest absolute Gasteiger partial charge is 0.494 e. The Morgan fingerprint density at radius 2 is 1.97 bits per heavy atom. The molecule has 0 radical (unpaired) electrons. The Morgan fingerprint density at radius 1 is 1.16 bits per heavy atom. The highest BCUT2D eigenvalue weighted by atomic mass is 16.5. The Balaban J connectivity index is 1.70. The fraction of sp³-hybridized carbons (Fsp3) is 0.500. The topological polar surface area (TPSA) is 54.0 Å². The molecule has 0 spiro atoms. The van der Waals surface area contributed by atoms with Gasteiger partial charge in [0.25, 0.3) is 0 Å². The third-order valence-electron chi connectivity index (χ3n) is 5.71. The van der Waals surface area contributed by atoms with Crippen molar-refractivity contribution in [2.75, 3.05) is 50.2 Å². The molecule has 0 saturated carbocycles. The summed E-state index contributed by atoms with van der Waals surface area (Å²) in [5, 5.41) is 3.03. The lowest BCUT2D eigenvalue weighted by Crippen LogP contribution is -2.36. The highest BCUT2D eigenvalue weighted by Crippen LogP contribution is 2.28. The second-order valence-electron chi connectivity index (χ2n) is 8.21. The van der Waals surface area contributed by atoms with E-state index in [1.54, 1.807) is 7.11 Å². The van der Waals surface area contributed by atoms with E-state index in [0.29, 0.717) is 26.3 Å². The average molecular weight is 440 g/mol. The predicted molar refractivity (Wildman–Crippen MR) is 131 cm³/mol. The van der Waals surface area contributed by atoms with Gasteiger partial charge in [0.1, 0.15) is 5.75 Å². The van der Waals surface area contributed by atoms with Gasteiger partial charge in [-0.15, -0.1) is 0 Å². The van der Waals surface area contributed by atoms with Crippen molar-refractivity contribution in [3.05, 3.63) is 53.6 Å². The molecule has 1 aliphatic heterocycles. The summed E-state index contributed by atoms with van der Waals surface area (Å²) in [6.45, 7) is 8.87. The van der Waals surface area contributed by atoms with Crippen molar-refractivity contribution in [1.29, 1.82) is 0 Å². The molecule has 1 heterocycles. The van der Waals surface area contributed by atoms with Crippen molar-refractivity contribution < 1.29 is 14.3 Å². The molecule has 0 atom stereocenters. The second-order valence-corrected chi connectivity index (χ2v) is 8.21. The number of benzene rings is 2. The van der Waals surface area contributed by atoms with Gasteiger partial charge in [-0.1, -0.05) is 19.1 Å². The molecule has 0 unspecified atom stereocenters. The SMILES string of the molecule is CCCN1CCCc2cc(CN(CCCOC)C(=O)Nc3ccc(OCC)cc3)ccc21. The fourth-order valence-electron chi connectivity index (χ4n) is 4.21. The molecule has 1 aliphatic rings. The summed E-state index contributed by atoms with van der Waals surface area (Å²) < 4.78 is 10.7. The lowest BCUT2D eigenvalue weighted by atomic mass is 9.98. The van der Waals surface area contributed by atoms with Gasteiger partial charge < -0.3 is 24.6 Å². The molecule has 0 aliphatic carbocycles. The number of anilines is 2. The Kier molecular flexibility index (Phi) is 9.23. The van der Waals surface area contributed by atoms with Gasteiger partial charge in [-0.3, -0.25) is 0 Å². The standard InChI is InChI=1S/C26H37N3O3/c1-4-15-28-16-6-8-22-19-21(9-14-25(22)28)20-29(17-7-18-31-3)26(30)27-23-10-12-24(13-11-23)32-5-2/h9-14,19H,4-8,15-18,20H2,1-3H3,(H,27,30). The number of carbonyl (C=O) groups excluding carboxylic acids is 1. The van der Waals surface area contributed by atoms with E-state index in [1.807, 2.05) is 36.1 Å². The Labute approximate surface area is 192 Å². The van der Waals surface area contributed by atoms with Crippen molar-refractivity contribution in [2.45, 2.75) is 46.1 Å². The lowest BCUT2D eigenvalue weighted by molar-refractivity contribution is 0.171. The first-order valence-corrected chi connectivity index (χ1v) is 11.8. The lowest BCUT2D eigenvalue weighted by Gasteiger charge is -2.32. The molecular formula is C26H37N3O3. The number of carbonyl (C=O) groups is 1. The van der Waals surface area contributed by atoms with Gasteiger partial charge >= 0.3 is 6.03 Å². The molecule has 0 fully saturated rings. The number of fused-ring (bicyclic) bond motifs is 1. The summed E-state index contributed by atoms with van der Waals surface area (Å²) in [7, 11) is 1.69. The van der Waals surface area contributed by atoms with Gasteiger partial charge in [-0.25, -0.2) is 4.79 Å². The second kappa shape index (κ2) is 12.3. The number of nitrogens with zero attached hydrogens (tertiary/aromatic N) is 2. The molecule has 1 N–H and O–H groups in total. The van der Waals surface area contributed by atoms with Crippen LogP contribution in [0.2, 0.25) is 0 Å². The molecule has 2 aromatic carbocycles. The van der Waals surface area contributed by atoms with Crippen molar-refractivity contribution in [3.63, 3.8) is 0 Å². The summed E-state index contributed by atoms with van der Waals surface area (Å²) in [6, 6.07) is 14.1. The number of hydrogen-bond donors (Lipinski definition) is 1. The van der Waals surface area contributed by atoms with Crippen LogP contribution in [-0.4, -0.2) is 50.9 Å². The molecule has 0 bridgehead atoms. The molecule has 174 valence electrons. The van der Waals surface area contributed by atoms with Crippen LogP contribution in [-0.2, 0) is 17.7 Å². The van der Waals surface area contributed by atoms with Crippen LogP contribution in [0.15, 0.2) is 42.5 Å². The summed E-state index contributed by atoms with van der Waals surface area (Å²) in [6.07, 6.45) is 4.24. The molecule has 2 aromatic rings. The van der Waals surface area contributed by atoms with Crippen molar-refractivity contribution in [2.24, 2.45) is 0 Å². The van der Waals surface area contributed by atoms with Crippen molar-refractivity contribution in [3.8, 4) is 5.75 Å². The molecular weight excluding hydrogens is 402 g/mol. The Morgan fingerprint density at radius 3 is 2.69 bits per heavy atom. The Hall–Kier alpha value is -2.73. The molecule has 0 saturated heterocycles. The normalized spacial score (nSPS) is 12.9. The van der Waals surface area contributed by atoms with Crippen LogP contribution < -0.4 is 15.0 Å². The number of nitrogens with one attached hydrogen (secondary N) is 1. The van der Waals surface area contributed by atoms with Gasteiger partial charge in [-0.05, 0) is 74.1 Å². The van der Waals surface area contributed by atoms with E-state index in [1.165, 1.54) is 23.2 Å². The van der Waals surface area contributed by atoms with Gasteiger partial charge in [0.05, 0.1) is 6.61 Å². The smallest absolute Gasteiger partial charge is 0.322 e. The van der Waals surface area contributed by atoms with Crippen LogP contribution >= 0.6 is 0 Å². The predicted octanol–water partition coefficient (Wildman–Crippen LogP) is 5.32. The maximum absolute atomic E-state index is 13.1. The summed E-state index contributed by atoms with van der Waals surface area (Å²) in [5.41, 5.74) is 4.68. The fourth-order valence-corrected chi connectivity index (χ4v) is 4.21. The minimum absolute atomic E-state index is 0.101. The zero-order valence-corrected chi connectivity index (χ0v) is 19.7. The van der Waals surface area contributed by atoms with E-state index in [0.717, 1.165) is 43.8 Å². The number of rotatable bonds is 11. The minimum atomic E-state index is -0.101. The van der Waals surface area contributed by atoms with E-state index >= 15 is 0 Å². The summed E-state index contributed by atoms with van der Waals surface area (Å²) >= 11 is 0. The van der Waals surface area contributed by atoms with E-state index in [2.05, 4.69) is 35.3 Å². The average Bonchev–Trinajstić information content (AvgIpc) is 2.80. The van der Waals surface area contributed by atoms with Crippen LogP contribution in [0.4, 0.5) is 16.2 Å². The summed E-state index contributed by atoms with van der Waals surface area (Å²) in [4.78, 5) is 17.4. The highest BCUT2D eigenvalue weighted by Gasteiger charge is 2.19. The van der Waals surface area contributed by atoms with Crippen LogP contribution in [0.3, 0.4) is 0 Å². The molecule has 6 heteroatoms. The highest BCUT2D eigenvalue weighted by molar-refractivity contribution is 5.89. The number of ether oxygens (including phenoxy) is 2. The monoisotopic (exact) mass is 439 g/mol. The van der Waals surface area contributed by atoms with Crippen molar-refractivity contribution in [1.82, 2.24) is 4.90 Å². The quantitative estimate of drug-likeness (QED) is 0.482. The maximum Gasteiger partial charge on any atom is 0.322 e. The zero-order valence-electron chi connectivity index (χ0n) is 19.7. The van der Waals surface area contributed by atoms with E-state index < -0.39 is 0 Å². The number of aryl methyl sites for hydroxylation is 1. The van der Waals surface area contributed by atoms with Crippen LogP contribution in [0.5, 0.6) is 5.75 Å². The van der Waals surface area contributed by atoms with Gasteiger partial charge in [0, 0.05) is 51.3 Å². The van der Waals surface area contributed by atoms with Crippen LogP contribution in [0.1, 0.15) is 44.2 Å². The molecule has 0 aromatic heterocycles. The van der Waals surface area contributed by atoms with E-state index in [9.17, 15) is 4.79 Å². The molecule has 6 nitrogen and oxygen atoms in total. The number of urea groups is 1. The minimum Gasteiger partial charge on any atom is -0.494 e. The third kappa shape index (κ3) is 6.63. The Bertz CT molecular complexity index is 854. The first-order valence-electron chi connectivity index (χ1n) is 11.8. The molecule has 2 amide bonds. The maximum atomic E-state index is 13.1. The van der Waals surface area contributed by atoms with Gasteiger partial charge in [0.15, 0.2) is 0 Å². The van der Waals surface area contributed by atoms with Crippen LogP contribution in [0.25, 0.3) is 0 Å². The zero-order chi connectivity index (χ0) is 22.8. The van der Waals surface area contributed by atoms with Gasteiger partial charge in [-0.2, -0.15) is 0 Å². The molecule has 32 heavy (non-hydrogen) atoms. The molecule has 3 rings (SSSR count). The van der Waals surface area contributed by atoms with Crippen molar-refractivity contribution >= 4 is 17.4 Å². The number of methoxy groups -OCH3 is 1. The number of hydrogen-bond acceptors (Lipinski definition) is 4. The first kappa shape index (κ1) is 23.9. The van der Waals surface area contributed by atoms with E-state index in [-0.39, 0.29) is 6.03 Å². The number of amides is 2.